The van der Waals surface area contributed by atoms with E-state index in [-0.39, 0.29) is 18.3 Å². The maximum atomic E-state index is 12.5. The van der Waals surface area contributed by atoms with Gasteiger partial charge in [0.25, 0.3) is 0 Å². The van der Waals surface area contributed by atoms with Crippen LogP contribution < -0.4 is 19.5 Å². The predicted molar refractivity (Wildman–Crippen MR) is 130 cm³/mol. The van der Waals surface area contributed by atoms with E-state index >= 15 is 0 Å². The highest BCUT2D eigenvalue weighted by Gasteiger charge is 2.16. The fourth-order valence-corrected chi connectivity index (χ4v) is 4.04. The van der Waals surface area contributed by atoms with Crippen molar-refractivity contribution in [2.24, 2.45) is 0 Å². The van der Waals surface area contributed by atoms with E-state index in [2.05, 4.69) is 22.1 Å². The third-order valence-corrected chi connectivity index (χ3v) is 5.87. The topological polar surface area (TPSA) is 87.5 Å². The Balaban J connectivity index is 1.65. The second kappa shape index (κ2) is 11.8. The lowest BCUT2D eigenvalue weighted by molar-refractivity contribution is -0.113. The molecule has 0 spiro atoms. The van der Waals surface area contributed by atoms with Gasteiger partial charge in [-0.15, -0.1) is 16.8 Å². The molecule has 1 N–H and O–H groups in total. The Morgan fingerprint density at radius 2 is 1.94 bits per heavy atom. The number of nitrogens with one attached hydrogen (secondary N) is 1. The fraction of sp³-hybridized carbons (Fsp3) is 0.227. The van der Waals surface area contributed by atoms with Crippen LogP contribution in [0.1, 0.15) is 5.82 Å². The van der Waals surface area contributed by atoms with Crippen LogP contribution in [0, 0.1) is 0 Å². The third kappa shape index (κ3) is 6.56. The number of amides is 1. The first-order valence-corrected chi connectivity index (χ1v) is 11.4. The number of hydrogen-bond acceptors (Lipinski definition) is 7. The first-order valence-electron chi connectivity index (χ1n) is 9.70. The van der Waals surface area contributed by atoms with Crippen LogP contribution in [0.5, 0.6) is 17.2 Å². The van der Waals surface area contributed by atoms with Gasteiger partial charge in [0.1, 0.15) is 23.9 Å². The monoisotopic (exact) mass is 508 g/mol. The lowest BCUT2D eigenvalue weighted by Gasteiger charge is -2.12. The molecular weight excluding hydrogens is 487 g/mol. The zero-order chi connectivity index (χ0) is 23.8. The molecule has 0 aliphatic carbocycles. The summed E-state index contributed by atoms with van der Waals surface area (Å²) in [6, 6.07) is 10.1. The second-order valence-electron chi connectivity index (χ2n) is 6.56. The van der Waals surface area contributed by atoms with Gasteiger partial charge in [-0.3, -0.25) is 9.36 Å². The Morgan fingerprint density at radius 1 is 1.15 bits per heavy atom. The summed E-state index contributed by atoms with van der Waals surface area (Å²) in [5.41, 5.74) is 0.518. The molecule has 8 nitrogen and oxygen atoms in total. The van der Waals surface area contributed by atoms with E-state index < -0.39 is 0 Å². The highest BCUT2D eigenvalue weighted by Crippen LogP contribution is 2.30. The summed E-state index contributed by atoms with van der Waals surface area (Å²) in [7, 11) is 3.09. The molecule has 0 atom stereocenters. The van der Waals surface area contributed by atoms with E-state index in [1.807, 2.05) is 4.57 Å². The van der Waals surface area contributed by atoms with Crippen molar-refractivity contribution < 1.29 is 19.0 Å². The Labute approximate surface area is 205 Å². The van der Waals surface area contributed by atoms with Crippen molar-refractivity contribution in [1.82, 2.24) is 14.8 Å². The van der Waals surface area contributed by atoms with Crippen molar-refractivity contribution >= 4 is 46.6 Å². The van der Waals surface area contributed by atoms with Crippen LogP contribution >= 0.6 is 35.0 Å². The van der Waals surface area contributed by atoms with Crippen LogP contribution in [0.4, 0.5) is 5.69 Å². The first-order chi connectivity index (χ1) is 15.9. The molecule has 11 heteroatoms. The van der Waals surface area contributed by atoms with Crippen molar-refractivity contribution in [1.29, 1.82) is 0 Å². The SMILES string of the molecule is C=CCn1c(COc2ccc(Cl)cc2Cl)nnc1SCC(=O)Nc1cc(OC)ccc1OC. The third-order valence-electron chi connectivity index (χ3n) is 4.37. The summed E-state index contributed by atoms with van der Waals surface area (Å²) >= 11 is 13.3. The Kier molecular flexibility index (Phi) is 8.87. The van der Waals surface area contributed by atoms with Gasteiger partial charge in [-0.1, -0.05) is 41.0 Å². The summed E-state index contributed by atoms with van der Waals surface area (Å²) in [4.78, 5) is 12.5. The van der Waals surface area contributed by atoms with E-state index in [9.17, 15) is 4.79 Å². The van der Waals surface area contributed by atoms with Gasteiger partial charge < -0.3 is 19.5 Å². The highest BCUT2D eigenvalue weighted by molar-refractivity contribution is 7.99. The smallest absolute Gasteiger partial charge is 0.234 e. The maximum absolute atomic E-state index is 12.5. The van der Waals surface area contributed by atoms with Crippen molar-refractivity contribution in [3.8, 4) is 17.2 Å². The molecule has 1 amide bonds. The predicted octanol–water partition coefficient (Wildman–Crippen LogP) is 5.10. The zero-order valence-electron chi connectivity index (χ0n) is 18.0. The van der Waals surface area contributed by atoms with Gasteiger partial charge >= 0.3 is 0 Å². The minimum Gasteiger partial charge on any atom is -0.497 e. The van der Waals surface area contributed by atoms with Gasteiger partial charge in [0.05, 0.1) is 30.7 Å². The van der Waals surface area contributed by atoms with Crippen LogP contribution in [0.25, 0.3) is 0 Å². The quantitative estimate of drug-likeness (QED) is 0.284. The molecule has 0 unspecified atom stereocenters. The Bertz CT molecular complexity index is 1140. The van der Waals surface area contributed by atoms with Crippen molar-refractivity contribution in [2.45, 2.75) is 18.3 Å². The number of benzene rings is 2. The van der Waals surface area contributed by atoms with E-state index in [0.29, 0.717) is 50.5 Å². The molecular formula is C22H22Cl2N4O4S. The molecule has 33 heavy (non-hydrogen) atoms. The first kappa shape index (κ1) is 24.8. The summed E-state index contributed by atoms with van der Waals surface area (Å²) in [6.07, 6.45) is 1.72. The van der Waals surface area contributed by atoms with E-state index in [1.165, 1.54) is 18.9 Å². The molecule has 3 rings (SSSR count). The Morgan fingerprint density at radius 3 is 2.64 bits per heavy atom. The number of nitrogens with zero attached hydrogens (tertiary/aromatic N) is 3. The zero-order valence-corrected chi connectivity index (χ0v) is 20.3. The molecule has 0 saturated carbocycles. The van der Waals surface area contributed by atoms with Gasteiger partial charge in [-0.2, -0.15) is 0 Å². The van der Waals surface area contributed by atoms with Crippen LogP contribution in [-0.2, 0) is 17.9 Å². The van der Waals surface area contributed by atoms with Crippen LogP contribution in [-0.4, -0.2) is 40.6 Å². The number of methoxy groups -OCH3 is 2. The number of thioether (sulfide) groups is 1. The molecule has 174 valence electrons. The highest BCUT2D eigenvalue weighted by atomic mass is 35.5. The number of hydrogen-bond donors (Lipinski definition) is 1. The van der Waals surface area contributed by atoms with Crippen molar-refractivity contribution in [3.05, 3.63) is 64.9 Å². The number of allylic oxidation sites excluding steroid dienone is 1. The van der Waals surface area contributed by atoms with Crippen LogP contribution in [0.2, 0.25) is 10.0 Å². The molecule has 0 saturated heterocycles. The number of halogens is 2. The summed E-state index contributed by atoms with van der Waals surface area (Å²) < 4.78 is 18.1. The number of aromatic nitrogens is 3. The summed E-state index contributed by atoms with van der Waals surface area (Å²) in [5.74, 6) is 2.07. The average Bonchev–Trinajstić information content (AvgIpc) is 3.18. The lowest BCUT2D eigenvalue weighted by atomic mass is 10.2. The van der Waals surface area contributed by atoms with Gasteiger partial charge in [0, 0.05) is 17.6 Å². The molecule has 0 aliphatic rings. The molecule has 2 aromatic carbocycles. The molecule has 1 heterocycles. The van der Waals surface area contributed by atoms with E-state index in [4.69, 9.17) is 37.4 Å². The minimum atomic E-state index is -0.231. The largest absolute Gasteiger partial charge is 0.497 e. The maximum Gasteiger partial charge on any atom is 0.234 e. The number of carbonyl (C=O) groups is 1. The molecule has 0 aliphatic heterocycles. The van der Waals surface area contributed by atoms with Gasteiger partial charge in [-0.05, 0) is 30.3 Å². The van der Waals surface area contributed by atoms with Gasteiger partial charge in [0.2, 0.25) is 5.91 Å². The van der Waals surface area contributed by atoms with Crippen molar-refractivity contribution in [2.75, 3.05) is 25.3 Å². The molecule has 0 radical (unpaired) electrons. The lowest BCUT2D eigenvalue weighted by Crippen LogP contribution is -2.15. The van der Waals surface area contributed by atoms with Crippen LogP contribution in [0.3, 0.4) is 0 Å². The number of carbonyl (C=O) groups excluding carboxylic acids is 1. The summed E-state index contributed by atoms with van der Waals surface area (Å²) in [6.45, 7) is 4.37. The molecule has 1 aromatic heterocycles. The van der Waals surface area contributed by atoms with Crippen molar-refractivity contribution in [3.63, 3.8) is 0 Å². The minimum absolute atomic E-state index is 0.111. The van der Waals surface area contributed by atoms with E-state index in [0.717, 1.165) is 0 Å². The van der Waals surface area contributed by atoms with E-state index in [1.54, 1.807) is 49.6 Å². The normalized spacial score (nSPS) is 10.5. The molecule has 0 bridgehead atoms. The van der Waals surface area contributed by atoms with Gasteiger partial charge in [-0.25, -0.2) is 0 Å². The number of rotatable bonds is 11. The number of ether oxygens (including phenoxy) is 3. The number of anilines is 1. The van der Waals surface area contributed by atoms with Crippen LogP contribution in [0.15, 0.2) is 54.2 Å². The fourth-order valence-electron chi connectivity index (χ4n) is 2.81. The Hall–Kier alpha value is -2.88. The summed E-state index contributed by atoms with van der Waals surface area (Å²) in [5, 5.41) is 12.7. The van der Waals surface area contributed by atoms with Gasteiger partial charge in [0.15, 0.2) is 11.0 Å². The molecule has 3 aromatic rings. The second-order valence-corrected chi connectivity index (χ2v) is 8.35. The molecule has 0 fully saturated rings. The average molecular weight is 509 g/mol. The standard InChI is InChI=1S/C22H22Cl2N4O4S/c1-4-9-28-20(12-32-18-7-5-14(23)10-16(18)24)26-27-22(28)33-13-21(29)25-17-11-15(30-2)6-8-19(17)31-3/h4-8,10-11H,1,9,12-13H2,2-3H3,(H,25,29).